The maximum atomic E-state index is 12.2. The van der Waals surface area contributed by atoms with Gasteiger partial charge in [0.2, 0.25) is 5.91 Å². The van der Waals surface area contributed by atoms with Crippen LogP contribution in [0.2, 0.25) is 0 Å². The van der Waals surface area contributed by atoms with Crippen molar-refractivity contribution in [3.05, 3.63) is 29.8 Å². The minimum Gasteiger partial charge on any atom is -0.379 e. The highest BCUT2D eigenvalue weighted by atomic mass is 16.5. The van der Waals surface area contributed by atoms with Crippen molar-refractivity contribution in [3.63, 3.8) is 0 Å². The predicted molar refractivity (Wildman–Crippen MR) is 108 cm³/mol. The van der Waals surface area contributed by atoms with E-state index in [9.17, 15) is 4.79 Å². The Labute approximate surface area is 161 Å². The van der Waals surface area contributed by atoms with Gasteiger partial charge in [-0.15, -0.1) is 0 Å². The van der Waals surface area contributed by atoms with Gasteiger partial charge in [-0.3, -0.25) is 14.7 Å². The maximum Gasteiger partial charge on any atom is 0.225 e. The van der Waals surface area contributed by atoms with E-state index in [4.69, 9.17) is 4.74 Å². The summed E-state index contributed by atoms with van der Waals surface area (Å²) in [7, 11) is 1.79. The molecule has 0 spiro atoms. The van der Waals surface area contributed by atoms with Crippen molar-refractivity contribution in [1.29, 1.82) is 0 Å². The van der Waals surface area contributed by atoms with Crippen molar-refractivity contribution in [2.45, 2.75) is 32.4 Å². The molecule has 2 fully saturated rings. The molecule has 1 amide bonds. The van der Waals surface area contributed by atoms with E-state index >= 15 is 0 Å². The number of hydrogen-bond acceptors (Lipinski definition) is 4. The Balaban J connectivity index is 1.42. The summed E-state index contributed by atoms with van der Waals surface area (Å²) in [6, 6.07) is 8.48. The first-order valence-corrected chi connectivity index (χ1v) is 9.80. The molecular weight excluding hydrogens is 342 g/mol. The van der Waals surface area contributed by atoms with Crippen LogP contribution in [0.1, 0.15) is 25.3 Å². The van der Waals surface area contributed by atoms with Gasteiger partial charge in [-0.1, -0.05) is 19.1 Å². The Morgan fingerprint density at radius 1 is 1.33 bits per heavy atom. The average molecular weight is 374 g/mol. The lowest BCUT2D eigenvalue weighted by Crippen LogP contribution is -2.38. The molecule has 3 rings (SSSR count). The average Bonchev–Trinajstić information content (AvgIpc) is 3.39. The molecule has 27 heavy (non-hydrogen) atoms. The Hall–Kier alpha value is -2.12. The van der Waals surface area contributed by atoms with E-state index < -0.39 is 0 Å². The molecule has 7 nitrogen and oxygen atoms in total. The monoisotopic (exact) mass is 373 g/mol. The van der Waals surface area contributed by atoms with Crippen LogP contribution in [0.25, 0.3) is 0 Å². The zero-order chi connectivity index (χ0) is 19.1. The van der Waals surface area contributed by atoms with Crippen LogP contribution < -0.4 is 16.0 Å². The summed E-state index contributed by atoms with van der Waals surface area (Å²) in [4.78, 5) is 18.8. The summed E-state index contributed by atoms with van der Waals surface area (Å²) in [6.45, 7) is 7.00. The topological polar surface area (TPSA) is 78.0 Å². The lowest BCUT2D eigenvalue weighted by atomic mass is 10.2. The summed E-state index contributed by atoms with van der Waals surface area (Å²) < 4.78 is 5.33. The lowest BCUT2D eigenvalue weighted by Gasteiger charge is -2.26. The normalized spacial score (nSPS) is 23.0. The number of amides is 1. The number of guanidine groups is 1. The molecule has 1 aromatic rings. The zero-order valence-corrected chi connectivity index (χ0v) is 16.3. The van der Waals surface area contributed by atoms with Gasteiger partial charge in [-0.25, -0.2) is 0 Å². The van der Waals surface area contributed by atoms with Crippen LogP contribution in [-0.4, -0.2) is 62.7 Å². The third kappa shape index (κ3) is 6.52. The molecule has 7 heteroatoms. The van der Waals surface area contributed by atoms with Gasteiger partial charge in [0.25, 0.3) is 0 Å². The molecule has 2 unspecified atom stereocenters. The molecule has 0 bridgehead atoms. The van der Waals surface area contributed by atoms with Gasteiger partial charge in [0.15, 0.2) is 5.96 Å². The van der Waals surface area contributed by atoms with Gasteiger partial charge in [0.05, 0.1) is 13.2 Å². The largest absolute Gasteiger partial charge is 0.379 e. The lowest BCUT2D eigenvalue weighted by molar-refractivity contribution is -0.116. The highest BCUT2D eigenvalue weighted by Crippen LogP contribution is 2.28. The number of aliphatic imine (C=N–C) groups is 1. The first-order chi connectivity index (χ1) is 13.1. The summed E-state index contributed by atoms with van der Waals surface area (Å²) in [5.74, 6) is 1.59. The molecule has 0 aromatic heterocycles. The first-order valence-electron chi connectivity index (χ1n) is 9.80. The fourth-order valence-electron chi connectivity index (χ4n) is 3.15. The third-order valence-electron chi connectivity index (χ3n) is 5.08. The van der Waals surface area contributed by atoms with E-state index in [-0.39, 0.29) is 5.91 Å². The number of rotatable bonds is 7. The molecule has 148 valence electrons. The number of nitrogens with zero attached hydrogens (tertiary/aromatic N) is 2. The number of carbonyl (C=O) groups excluding carboxylic acids is 1. The molecule has 0 radical (unpaired) electrons. The van der Waals surface area contributed by atoms with E-state index in [0.29, 0.717) is 19.0 Å². The molecule has 1 aliphatic carbocycles. The fourth-order valence-corrected chi connectivity index (χ4v) is 3.15. The molecule has 1 aromatic carbocycles. The smallest absolute Gasteiger partial charge is 0.225 e. The highest BCUT2D eigenvalue weighted by Gasteiger charge is 2.33. The van der Waals surface area contributed by atoms with Crippen molar-refractivity contribution in [2.24, 2.45) is 10.9 Å². The second kappa shape index (κ2) is 9.71. The summed E-state index contributed by atoms with van der Waals surface area (Å²) in [5, 5.41) is 9.75. The van der Waals surface area contributed by atoms with E-state index in [2.05, 4.69) is 32.8 Å². The number of anilines is 1. The molecule has 2 aliphatic rings. The number of ether oxygens (including phenoxy) is 1. The number of morpholine rings is 1. The second-order valence-corrected chi connectivity index (χ2v) is 7.34. The molecule has 3 N–H and O–H groups in total. The van der Waals surface area contributed by atoms with Crippen LogP contribution >= 0.6 is 0 Å². The van der Waals surface area contributed by atoms with Crippen LogP contribution in [0.3, 0.4) is 0 Å². The van der Waals surface area contributed by atoms with Crippen molar-refractivity contribution in [3.8, 4) is 0 Å². The Morgan fingerprint density at radius 2 is 2.11 bits per heavy atom. The van der Waals surface area contributed by atoms with Gasteiger partial charge < -0.3 is 20.7 Å². The van der Waals surface area contributed by atoms with Crippen molar-refractivity contribution in [1.82, 2.24) is 15.5 Å². The highest BCUT2D eigenvalue weighted by molar-refractivity contribution is 5.90. The van der Waals surface area contributed by atoms with Gasteiger partial charge >= 0.3 is 0 Å². The second-order valence-electron chi connectivity index (χ2n) is 7.34. The maximum absolute atomic E-state index is 12.2. The third-order valence-corrected chi connectivity index (χ3v) is 5.08. The van der Waals surface area contributed by atoms with Crippen LogP contribution in [0.5, 0.6) is 0 Å². The number of hydrogen-bond donors (Lipinski definition) is 3. The van der Waals surface area contributed by atoms with Crippen LogP contribution in [0.15, 0.2) is 29.3 Å². The predicted octanol–water partition coefficient (Wildman–Crippen LogP) is 1.42. The van der Waals surface area contributed by atoms with E-state index in [1.165, 1.54) is 6.42 Å². The molecule has 2 atom stereocenters. The Morgan fingerprint density at radius 3 is 2.81 bits per heavy atom. The van der Waals surface area contributed by atoms with E-state index in [0.717, 1.165) is 56.0 Å². The SMILES string of the molecule is CN=C(NCc1cccc(NC(=O)CCN2CCOCC2)c1)NC1CC1C. The fraction of sp³-hybridized carbons (Fsp3) is 0.600. The number of carbonyl (C=O) groups is 1. The Bertz CT molecular complexity index is 658. The van der Waals surface area contributed by atoms with Crippen LogP contribution in [0.4, 0.5) is 5.69 Å². The quantitative estimate of drug-likeness (QED) is 0.498. The molecule has 1 heterocycles. The zero-order valence-electron chi connectivity index (χ0n) is 16.3. The standard InChI is InChI=1S/C20H31N5O2/c1-15-12-18(15)24-20(21-2)22-14-16-4-3-5-17(13-16)23-19(26)6-7-25-8-10-27-11-9-25/h3-5,13,15,18H,6-12,14H2,1-2H3,(H,23,26)(H2,21,22,24). The van der Waals surface area contributed by atoms with Gasteiger partial charge in [-0.05, 0) is 30.0 Å². The number of benzene rings is 1. The first kappa shape index (κ1) is 19.6. The minimum absolute atomic E-state index is 0.0480. The molecular formula is C20H31N5O2. The van der Waals surface area contributed by atoms with E-state index in [1.54, 1.807) is 7.05 Å². The van der Waals surface area contributed by atoms with Crippen molar-refractivity contribution < 1.29 is 9.53 Å². The summed E-state index contributed by atoms with van der Waals surface area (Å²) >= 11 is 0. The van der Waals surface area contributed by atoms with Gasteiger partial charge in [-0.2, -0.15) is 0 Å². The number of nitrogens with one attached hydrogen (secondary N) is 3. The van der Waals surface area contributed by atoms with E-state index in [1.807, 2.05) is 24.3 Å². The minimum atomic E-state index is 0.0480. The van der Waals surface area contributed by atoms with Crippen LogP contribution in [-0.2, 0) is 16.1 Å². The van der Waals surface area contributed by atoms with Gasteiger partial charge in [0.1, 0.15) is 0 Å². The van der Waals surface area contributed by atoms with Crippen molar-refractivity contribution >= 4 is 17.6 Å². The summed E-state index contributed by atoms with van der Waals surface area (Å²) in [5.41, 5.74) is 1.94. The van der Waals surface area contributed by atoms with Crippen molar-refractivity contribution in [2.75, 3.05) is 45.2 Å². The molecule has 1 saturated carbocycles. The molecule has 1 aliphatic heterocycles. The Kier molecular flexibility index (Phi) is 7.06. The summed E-state index contributed by atoms with van der Waals surface area (Å²) in [6.07, 6.45) is 1.70. The van der Waals surface area contributed by atoms with Crippen LogP contribution in [0, 0.1) is 5.92 Å². The van der Waals surface area contributed by atoms with Gasteiger partial charge in [0, 0.05) is 51.4 Å². The molecule has 1 saturated heterocycles.